The molecule has 0 saturated carbocycles. The number of hydrogen-bond donors (Lipinski definition) is 1. The summed E-state index contributed by atoms with van der Waals surface area (Å²) in [5.41, 5.74) is 0. The van der Waals surface area contributed by atoms with Crippen molar-refractivity contribution in [2.75, 3.05) is 0 Å². The Hall–Kier alpha value is -1.27. The van der Waals surface area contributed by atoms with E-state index in [1.807, 2.05) is 0 Å². The number of rotatable bonds is 2. The third-order valence-electron chi connectivity index (χ3n) is 2.25. The number of carboxylic acids is 1. The van der Waals surface area contributed by atoms with Crippen LogP contribution >= 0.6 is 0 Å². The Morgan fingerprint density at radius 1 is 0.842 bits per heavy atom. The van der Waals surface area contributed by atoms with Gasteiger partial charge in [-0.25, -0.2) is 4.79 Å². The van der Waals surface area contributed by atoms with E-state index >= 15 is 0 Å². The summed E-state index contributed by atoms with van der Waals surface area (Å²) in [6.07, 6.45) is 0. The van der Waals surface area contributed by atoms with Crippen LogP contribution in [0.1, 0.15) is 0 Å². The van der Waals surface area contributed by atoms with Crippen LogP contribution in [0.3, 0.4) is 0 Å². The topological polar surface area (TPSA) is 40.5 Å². The second-order valence-electron chi connectivity index (χ2n) is 3.41. The minimum absolute atomic E-state index is 3.30. The van der Waals surface area contributed by atoms with Crippen molar-refractivity contribution in [2.24, 2.45) is 0 Å². The molecule has 1 aliphatic heterocycles. The number of hydrogen-bond acceptors (Lipinski definition) is 2. The SMILES string of the molecule is O=C(O)C(F)(F)N1C(F)(F)C(F)(F)C(F)(F)C1(F)F. The van der Waals surface area contributed by atoms with Gasteiger partial charge >= 0.3 is 36.0 Å². The van der Waals surface area contributed by atoms with Gasteiger partial charge < -0.3 is 5.11 Å². The molecule has 1 aliphatic rings. The van der Waals surface area contributed by atoms with E-state index in [2.05, 4.69) is 0 Å². The molecule has 0 aromatic rings. The van der Waals surface area contributed by atoms with Crippen molar-refractivity contribution in [2.45, 2.75) is 30.0 Å². The van der Waals surface area contributed by atoms with Gasteiger partial charge in [-0.05, 0) is 0 Å². The molecule has 1 rings (SSSR count). The monoisotopic (exact) mass is 309 g/mol. The van der Waals surface area contributed by atoms with Crippen LogP contribution in [0.2, 0.25) is 0 Å². The molecule has 1 fully saturated rings. The van der Waals surface area contributed by atoms with Crippen LogP contribution in [-0.2, 0) is 4.79 Å². The predicted octanol–water partition coefficient (Wildman–Crippen LogP) is 2.44. The van der Waals surface area contributed by atoms with E-state index in [1.165, 1.54) is 0 Å². The second-order valence-corrected chi connectivity index (χ2v) is 3.41. The summed E-state index contributed by atoms with van der Waals surface area (Å²) in [7, 11) is 0. The lowest BCUT2D eigenvalue weighted by Gasteiger charge is -2.31. The van der Waals surface area contributed by atoms with Crippen molar-refractivity contribution in [1.82, 2.24) is 4.90 Å². The average Bonchev–Trinajstić information content (AvgIpc) is 2.20. The summed E-state index contributed by atoms with van der Waals surface area (Å²) < 4.78 is 126. The summed E-state index contributed by atoms with van der Waals surface area (Å²) in [5.74, 6) is -17.5. The molecule has 0 radical (unpaired) electrons. The van der Waals surface area contributed by atoms with E-state index in [-0.39, 0.29) is 0 Å². The van der Waals surface area contributed by atoms with Crippen molar-refractivity contribution in [3.8, 4) is 0 Å². The highest BCUT2D eigenvalue weighted by Gasteiger charge is 2.96. The molecule has 112 valence electrons. The largest absolute Gasteiger partial charge is 0.476 e. The van der Waals surface area contributed by atoms with Gasteiger partial charge in [0.15, 0.2) is 0 Å². The molecule has 3 nitrogen and oxygen atoms in total. The zero-order valence-corrected chi connectivity index (χ0v) is 8.08. The molecule has 0 atom stereocenters. The molecule has 0 unspecified atom stereocenters. The van der Waals surface area contributed by atoms with Crippen molar-refractivity contribution in [3.63, 3.8) is 0 Å². The highest BCUT2D eigenvalue weighted by Crippen LogP contribution is 2.65. The predicted molar refractivity (Wildman–Crippen MR) is 34.2 cm³/mol. The van der Waals surface area contributed by atoms with Gasteiger partial charge in [-0.2, -0.15) is 43.9 Å². The van der Waals surface area contributed by atoms with Crippen LogP contribution in [0.25, 0.3) is 0 Å². The van der Waals surface area contributed by atoms with Gasteiger partial charge in [-0.15, -0.1) is 0 Å². The first-order chi connectivity index (χ1) is 8.06. The Morgan fingerprint density at radius 2 is 1.11 bits per heavy atom. The molecule has 1 N–H and O–H groups in total. The highest BCUT2D eigenvalue weighted by atomic mass is 19.4. The van der Waals surface area contributed by atoms with Crippen molar-refractivity contribution < 1.29 is 53.8 Å². The first kappa shape index (κ1) is 15.8. The lowest BCUT2D eigenvalue weighted by Crippen LogP contribution is -2.61. The van der Waals surface area contributed by atoms with Gasteiger partial charge in [0.25, 0.3) is 0 Å². The van der Waals surface area contributed by atoms with Gasteiger partial charge in [0.2, 0.25) is 0 Å². The summed E-state index contributed by atoms with van der Waals surface area (Å²) in [4.78, 5) is 6.56. The molecule has 19 heavy (non-hydrogen) atoms. The van der Waals surface area contributed by atoms with Crippen molar-refractivity contribution in [3.05, 3.63) is 0 Å². The molecule has 0 aromatic heterocycles. The van der Waals surface area contributed by atoms with E-state index in [0.29, 0.717) is 0 Å². The number of carboxylic acid groups (broad SMARTS) is 1. The maximum atomic E-state index is 12.7. The quantitative estimate of drug-likeness (QED) is 0.629. The Kier molecular flexibility index (Phi) is 2.85. The molecule has 13 heteroatoms. The smallest absolute Gasteiger partial charge is 0.411 e. The lowest BCUT2D eigenvalue weighted by molar-refractivity contribution is -0.354. The number of likely N-dealkylation sites (tertiary alicyclic amines) is 1. The number of nitrogens with zero attached hydrogens (tertiary/aromatic N) is 1. The zero-order chi connectivity index (χ0) is 15.7. The second kappa shape index (κ2) is 3.43. The van der Waals surface area contributed by atoms with Crippen LogP contribution in [-0.4, -0.2) is 46.0 Å². The maximum Gasteiger partial charge on any atom is 0.411 e. The highest BCUT2D eigenvalue weighted by molar-refractivity contribution is 5.75. The van der Waals surface area contributed by atoms with Crippen LogP contribution < -0.4 is 0 Å². The lowest BCUT2D eigenvalue weighted by atomic mass is 10.2. The van der Waals surface area contributed by atoms with Crippen LogP contribution in [0.15, 0.2) is 0 Å². The Balaban J connectivity index is 3.62. The molecule has 0 aromatic carbocycles. The van der Waals surface area contributed by atoms with Crippen LogP contribution in [0.5, 0.6) is 0 Å². The Bertz CT molecular complexity index is 392. The molecule has 0 aliphatic carbocycles. The molecular formula is C6HF10NO2. The van der Waals surface area contributed by atoms with Crippen LogP contribution in [0.4, 0.5) is 43.9 Å². The van der Waals surface area contributed by atoms with Crippen molar-refractivity contribution >= 4 is 5.97 Å². The maximum absolute atomic E-state index is 12.7. The van der Waals surface area contributed by atoms with E-state index in [1.54, 1.807) is 0 Å². The number of alkyl halides is 10. The van der Waals surface area contributed by atoms with E-state index in [0.717, 1.165) is 0 Å². The first-order valence-corrected chi connectivity index (χ1v) is 3.99. The number of carbonyl (C=O) groups is 1. The molecule has 0 spiro atoms. The summed E-state index contributed by atoms with van der Waals surface area (Å²) in [5, 5.41) is 7.76. The van der Waals surface area contributed by atoms with E-state index in [9.17, 15) is 48.7 Å². The third kappa shape index (κ3) is 1.47. The fraction of sp³-hybridized carbons (Fsp3) is 0.833. The first-order valence-electron chi connectivity index (χ1n) is 3.99. The van der Waals surface area contributed by atoms with Gasteiger partial charge in [0.05, 0.1) is 0 Å². The molecule has 0 bridgehead atoms. The van der Waals surface area contributed by atoms with E-state index < -0.39 is 40.9 Å². The number of aliphatic carboxylic acids is 1. The van der Waals surface area contributed by atoms with Gasteiger partial charge in [0.1, 0.15) is 0 Å². The Labute approximate surface area is 95.9 Å². The minimum Gasteiger partial charge on any atom is -0.476 e. The average molecular weight is 309 g/mol. The molecular weight excluding hydrogens is 308 g/mol. The standard InChI is InChI=1S/C6HF10NO2/c7-2(8,1(18)19)17-5(13,14)3(9,10)4(11,12)6(17,15)16/h(H,18,19). The number of halogens is 10. The molecule has 0 amide bonds. The third-order valence-corrected chi connectivity index (χ3v) is 2.25. The van der Waals surface area contributed by atoms with Gasteiger partial charge in [0, 0.05) is 0 Å². The molecule has 1 heterocycles. The summed E-state index contributed by atoms with van der Waals surface area (Å²) in [6.45, 7) is 0. The Morgan fingerprint density at radius 3 is 1.32 bits per heavy atom. The minimum atomic E-state index is -6.90. The molecule has 1 saturated heterocycles. The fourth-order valence-electron chi connectivity index (χ4n) is 1.28. The van der Waals surface area contributed by atoms with Gasteiger partial charge in [-0.1, -0.05) is 4.90 Å². The zero-order valence-electron chi connectivity index (χ0n) is 8.08. The normalized spacial score (nSPS) is 28.3. The fourth-order valence-corrected chi connectivity index (χ4v) is 1.28. The van der Waals surface area contributed by atoms with Gasteiger partial charge in [-0.3, -0.25) is 0 Å². The van der Waals surface area contributed by atoms with Crippen molar-refractivity contribution in [1.29, 1.82) is 0 Å². The van der Waals surface area contributed by atoms with E-state index in [4.69, 9.17) is 5.11 Å². The van der Waals surface area contributed by atoms with Crippen LogP contribution in [0, 0.1) is 0 Å². The summed E-state index contributed by atoms with van der Waals surface area (Å²) in [6, 6.07) is -19.9. The summed E-state index contributed by atoms with van der Waals surface area (Å²) >= 11 is 0.